The van der Waals surface area contributed by atoms with Crippen LogP contribution in [0.2, 0.25) is 0 Å². The van der Waals surface area contributed by atoms with Gasteiger partial charge in [-0.2, -0.15) is 0 Å². The van der Waals surface area contributed by atoms with Crippen molar-refractivity contribution in [1.29, 1.82) is 0 Å². The fourth-order valence-electron chi connectivity index (χ4n) is 4.32. The van der Waals surface area contributed by atoms with E-state index in [2.05, 4.69) is 62.4 Å². The van der Waals surface area contributed by atoms with Crippen LogP contribution in [0.3, 0.4) is 0 Å². The van der Waals surface area contributed by atoms with Crippen LogP contribution in [0.1, 0.15) is 73.4 Å². The third-order valence-electron chi connectivity index (χ3n) is 6.09. The molecule has 0 saturated heterocycles. The zero-order chi connectivity index (χ0) is 25.8. The van der Waals surface area contributed by atoms with Crippen LogP contribution in [0, 0.1) is 13.8 Å². The number of nitrogens with zero attached hydrogens (tertiary/aromatic N) is 2. The monoisotopic (exact) mass is 472 g/mol. The van der Waals surface area contributed by atoms with Crippen LogP contribution in [-0.4, -0.2) is 30.5 Å². The lowest BCUT2D eigenvalue weighted by Crippen LogP contribution is -2.10. The fraction of sp³-hybridized carbons (Fsp3) is 0.387. The highest BCUT2D eigenvalue weighted by Crippen LogP contribution is 2.35. The second-order valence-electron chi connectivity index (χ2n) is 8.87. The van der Waals surface area contributed by atoms with Gasteiger partial charge in [-0.15, -0.1) is 0 Å². The third kappa shape index (κ3) is 7.19. The minimum Gasteiger partial charge on any atom is -0.388 e. The lowest BCUT2D eigenvalue weighted by molar-refractivity contribution is -0.109. The number of rotatable bonds is 10. The molecule has 1 atom stereocenters. The van der Waals surface area contributed by atoms with Crippen molar-refractivity contribution >= 4 is 12.4 Å². The quantitative estimate of drug-likeness (QED) is 0.283. The molecule has 35 heavy (non-hydrogen) atoms. The topological polar surface area (TPSA) is 52.1 Å². The molecule has 4 nitrogen and oxygen atoms in total. The number of hydrogen-bond donors (Lipinski definition) is 0. The van der Waals surface area contributed by atoms with Crippen molar-refractivity contribution in [3.8, 4) is 22.6 Å². The van der Waals surface area contributed by atoms with Crippen molar-refractivity contribution in [2.75, 3.05) is 14.2 Å². The number of unbranched alkanes of at least 4 members (excludes halogenated alkanes) is 1. The summed E-state index contributed by atoms with van der Waals surface area (Å²) in [5, 5.41) is 0. The van der Waals surface area contributed by atoms with Gasteiger partial charge in [-0.05, 0) is 55.9 Å². The number of methoxy groups -OCH3 is 1. The first-order valence-electron chi connectivity index (χ1n) is 12.5. The highest BCUT2D eigenvalue weighted by molar-refractivity contribution is 5.76. The largest absolute Gasteiger partial charge is 0.388 e. The number of carbonyl (C=O) groups excluding carboxylic acids is 1. The number of carbonyl (C=O) groups is 1. The summed E-state index contributed by atoms with van der Waals surface area (Å²) < 4.78 is 4.25. The fourth-order valence-corrected chi connectivity index (χ4v) is 4.32. The van der Waals surface area contributed by atoms with E-state index in [0.29, 0.717) is 5.82 Å². The molecular formula is C31H40N2O2. The van der Waals surface area contributed by atoms with Gasteiger partial charge in [0.05, 0.1) is 5.69 Å². The molecule has 0 radical (unpaired) electrons. The van der Waals surface area contributed by atoms with Gasteiger partial charge in [0.2, 0.25) is 0 Å². The summed E-state index contributed by atoms with van der Waals surface area (Å²) in [5.74, 6) is 0.502. The van der Waals surface area contributed by atoms with E-state index in [-0.39, 0.29) is 5.92 Å². The molecule has 0 amide bonds. The molecule has 1 unspecified atom stereocenters. The van der Waals surface area contributed by atoms with Crippen LogP contribution < -0.4 is 0 Å². The highest BCUT2D eigenvalue weighted by atomic mass is 16.4. The Morgan fingerprint density at radius 1 is 1.03 bits per heavy atom. The second-order valence-corrected chi connectivity index (χ2v) is 8.87. The van der Waals surface area contributed by atoms with Gasteiger partial charge in [0, 0.05) is 42.5 Å². The maximum atomic E-state index is 12.1. The van der Waals surface area contributed by atoms with Gasteiger partial charge >= 0.3 is 0 Å². The average molecular weight is 473 g/mol. The maximum absolute atomic E-state index is 12.1. The van der Waals surface area contributed by atoms with Gasteiger partial charge in [0.25, 0.3) is 0 Å². The van der Waals surface area contributed by atoms with Gasteiger partial charge in [0.15, 0.2) is 5.82 Å². The van der Waals surface area contributed by atoms with Crippen LogP contribution in [0.5, 0.6) is 0 Å². The van der Waals surface area contributed by atoms with Crippen molar-refractivity contribution in [2.24, 2.45) is 0 Å². The van der Waals surface area contributed by atoms with Crippen molar-refractivity contribution in [2.45, 2.75) is 65.7 Å². The Kier molecular flexibility index (Phi) is 11.5. The molecule has 0 bridgehead atoms. The van der Waals surface area contributed by atoms with Crippen molar-refractivity contribution in [3.63, 3.8) is 0 Å². The number of aromatic nitrogens is 2. The van der Waals surface area contributed by atoms with Gasteiger partial charge in [-0.1, -0.05) is 75.7 Å². The van der Waals surface area contributed by atoms with Crippen LogP contribution in [-0.2, 0) is 16.0 Å². The summed E-state index contributed by atoms with van der Waals surface area (Å²) in [6.45, 7) is 12.4. The van der Waals surface area contributed by atoms with Gasteiger partial charge in [-0.25, -0.2) is 9.97 Å². The summed E-state index contributed by atoms with van der Waals surface area (Å²) in [6, 6.07) is 14.6. The van der Waals surface area contributed by atoms with Crippen molar-refractivity contribution in [3.05, 3.63) is 77.0 Å². The molecule has 1 heterocycles. The van der Waals surface area contributed by atoms with E-state index >= 15 is 0 Å². The average Bonchev–Trinajstić information content (AvgIpc) is 2.86. The van der Waals surface area contributed by atoms with E-state index in [1.54, 1.807) is 14.2 Å². The Balaban J connectivity index is 0.00000137. The molecule has 0 fully saturated rings. The smallest absolute Gasteiger partial charge is 0.160 e. The van der Waals surface area contributed by atoms with E-state index in [0.717, 1.165) is 77.6 Å². The molecule has 0 aliphatic carbocycles. The number of ether oxygens (including phenoxy) is 1. The molecule has 3 aromatic rings. The van der Waals surface area contributed by atoms with Gasteiger partial charge in [0.1, 0.15) is 6.29 Å². The summed E-state index contributed by atoms with van der Waals surface area (Å²) in [6.07, 6.45) is 7.97. The Hall–Kier alpha value is -3.11. The van der Waals surface area contributed by atoms with Crippen LogP contribution in [0.4, 0.5) is 0 Å². The van der Waals surface area contributed by atoms with E-state index in [4.69, 9.17) is 9.97 Å². The standard InChI is InChI=1S/C29H34N2O.C2H6O/c1-6-9-14-23-18-24(17-16-22(23)8-3)28-27(25(19-32)12-7-2)21(5)30-29(31-28)26-15-11-10-13-20(26)4;1-3-2/h8,10-11,13,15-19,25H,3,6-7,9,12,14H2,1-2,4-5H3;1-2H3. The van der Waals surface area contributed by atoms with Crippen LogP contribution in [0.15, 0.2) is 49.0 Å². The number of aryl methyl sites for hydroxylation is 3. The number of aldehydes is 1. The summed E-state index contributed by atoms with van der Waals surface area (Å²) in [7, 11) is 3.25. The molecule has 0 aliphatic rings. The maximum Gasteiger partial charge on any atom is 0.160 e. The zero-order valence-electron chi connectivity index (χ0n) is 22.2. The predicted octanol–water partition coefficient (Wildman–Crippen LogP) is 7.76. The van der Waals surface area contributed by atoms with E-state index in [9.17, 15) is 4.79 Å². The lowest BCUT2D eigenvalue weighted by atomic mass is 9.89. The van der Waals surface area contributed by atoms with E-state index in [1.807, 2.05) is 25.1 Å². The summed E-state index contributed by atoms with van der Waals surface area (Å²) in [4.78, 5) is 22.0. The molecule has 1 aromatic heterocycles. The Morgan fingerprint density at radius 2 is 1.74 bits per heavy atom. The molecule has 3 rings (SSSR count). The minimum atomic E-state index is -0.209. The molecule has 4 heteroatoms. The van der Waals surface area contributed by atoms with E-state index in [1.165, 1.54) is 5.56 Å². The number of benzene rings is 2. The van der Waals surface area contributed by atoms with E-state index < -0.39 is 0 Å². The van der Waals surface area contributed by atoms with Gasteiger partial charge in [-0.3, -0.25) is 0 Å². The molecule has 186 valence electrons. The summed E-state index contributed by atoms with van der Waals surface area (Å²) >= 11 is 0. The van der Waals surface area contributed by atoms with Crippen LogP contribution in [0.25, 0.3) is 28.7 Å². The first-order chi connectivity index (χ1) is 16.9. The third-order valence-corrected chi connectivity index (χ3v) is 6.09. The normalized spacial score (nSPS) is 11.4. The first kappa shape index (κ1) is 28.1. The second kappa shape index (κ2) is 14.3. The van der Waals surface area contributed by atoms with Gasteiger partial charge < -0.3 is 9.53 Å². The Morgan fingerprint density at radius 3 is 2.34 bits per heavy atom. The molecule has 0 saturated carbocycles. The molecule has 2 aromatic carbocycles. The predicted molar refractivity (Wildman–Crippen MR) is 148 cm³/mol. The SMILES string of the molecule is C=Cc1ccc(-c2nc(-c3ccccc3C)nc(C)c2C(C=O)CCC)cc1CCCC.COC. The molecular weight excluding hydrogens is 432 g/mol. The van der Waals surface area contributed by atoms with Crippen molar-refractivity contribution in [1.82, 2.24) is 9.97 Å². The molecule has 0 spiro atoms. The summed E-state index contributed by atoms with van der Waals surface area (Å²) in [5.41, 5.74) is 8.34. The first-order valence-corrected chi connectivity index (χ1v) is 12.5. The molecule has 0 aliphatic heterocycles. The minimum absolute atomic E-state index is 0.209. The molecule has 0 N–H and O–H groups in total. The Bertz CT molecular complexity index is 1120. The highest BCUT2D eigenvalue weighted by Gasteiger charge is 2.22. The number of hydrogen-bond acceptors (Lipinski definition) is 4. The Labute approximate surface area is 211 Å². The van der Waals surface area contributed by atoms with Crippen molar-refractivity contribution < 1.29 is 9.53 Å². The lowest BCUT2D eigenvalue weighted by Gasteiger charge is -2.19. The van der Waals surface area contributed by atoms with Crippen LogP contribution >= 0.6 is 0 Å². The zero-order valence-corrected chi connectivity index (χ0v) is 22.2.